The van der Waals surface area contributed by atoms with Crippen LogP contribution in [0.2, 0.25) is 0 Å². The fraction of sp³-hybridized carbons (Fsp3) is 0.364. The third kappa shape index (κ3) is 6.83. The molecule has 0 saturated heterocycles. The molecule has 4 nitrogen and oxygen atoms in total. The third-order valence-electron chi connectivity index (χ3n) is 4.33. The van der Waals surface area contributed by atoms with Gasteiger partial charge in [0.1, 0.15) is 6.04 Å². The van der Waals surface area contributed by atoms with Crippen LogP contribution in [0, 0.1) is 0 Å². The molecule has 0 radical (unpaired) electrons. The zero-order chi connectivity index (χ0) is 19.8. The van der Waals surface area contributed by atoms with Crippen LogP contribution in [-0.2, 0) is 22.6 Å². The van der Waals surface area contributed by atoms with Gasteiger partial charge in [-0.3, -0.25) is 9.59 Å². The van der Waals surface area contributed by atoms with Gasteiger partial charge in [-0.1, -0.05) is 58.4 Å². The second kappa shape index (κ2) is 10.3. The molecule has 2 aromatic carbocycles. The molecule has 27 heavy (non-hydrogen) atoms. The first kappa shape index (κ1) is 21.2. The van der Waals surface area contributed by atoms with Gasteiger partial charge < -0.3 is 10.2 Å². The predicted molar refractivity (Wildman–Crippen MR) is 112 cm³/mol. The van der Waals surface area contributed by atoms with Crippen molar-refractivity contribution >= 4 is 27.7 Å². The van der Waals surface area contributed by atoms with Gasteiger partial charge in [-0.15, -0.1) is 0 Å². The SMILES string of the molecule is CC(C)NC(=O)[C@@H](C)N(Cc1ccc(Br)cc1)C(=O)CCc1ccccc1. The molecule has 0 unspecified atom stereocenters. The number of nitrogens with one attached hydrogen (secondary N) is 1. The van der Waals surface area contributed by atoms with E-state index in [9.17, 15) is 9.59 Å². The molecule has 0 fully saturated rings. The topological polar surface area (TPSA) is 49.4 Å². The number of hydrogen-bond acceptors (Lipinski definition) is 2. The quantitative estimate of drug-likeness (QED) is 0.677. The highest BCUT2D eigenvalue weighted by atomic mass is 79.9. The summed E-state index contributed by atoms with van der Waals surface area (Å²) in [5.74, 6) is -0.150. The van der Waals surface area contributed by atoms with E-state index in [-0.39, 0.29) is 17.9 Å². The molecule has 2 amide bonds. The summed E-state index contributed by atoms with van der Waals surface area (Å²) >= 11 is 3.43. The lowest BCUT2D eigenvalue weighted by molar-refractivity contribution is -0.140. The van der Waals surface area contributed by atoms with Crippen molar-refractivity contribution in [3.63, 3.8) is 0 Å². The van der Waals surface area contributed by atoms with Crippen LogP contribution in [0.3, 0.4) is 0 Å². The molecule has 144 valence electrons. The fourth-order valence-electron chi connectivity index (χ4n) is 2.81. The average molecular weight is 431 g/mol. The van der Waals surface area contributed by atoms with Gasteiger partial charge in [-0.25, -0.2) is 0 Å². The second-order valence-corrected chi connectivity index (χ2v) is 7.89. The lowest BCUT2D eigenvalue weighted by Gasteiger charge is -2.29. The normalized spacial score (nSPS) is 11.9. The summed E-state index contributed by atoms with van der Waals surface area (Å²) in [6.07, 6.45) is 1.04. The van der Waals surface area contributed by atoms with Gasteiger partial charge in [-0.2, -0.15) is 0 Å². The molecule has 5 heteroatoms. The van der Waals surface area contributed by atoms with Crippen LogP contribution in [0.25, 0.3) is 0 Å². The molecule has 2 aromatic rings. The summed E-state index contributed by atoms with van der Waals surface area (Å²) in [7, 11) is 0. The Morgan fingerprint density at radius 2 is 1.59 bits per heavy atom. The van der Waals surface area contributed by atoms with E-state index in [1.807, 2.05) is 68.4 Å². The van der Waals surface area contributed by atoms with Crippen molar-refractivity contribution in [1.29, 1.82) is 0 Å². The number of hydrogen-bond donors (Lipinski definition) is 1. The number of amides is 2. The molecule has 0 aliphatic rings. The lowest BCUT2D eigenvalue weighted by Crippen LogP contribution is -2.49. The number of carbonyl (C=O) groups excluding carboxylic acids is 2. The van der Waals surface area contributed by atoms with Crippen molar-refractivity contribution in [3.05, 3.63) is 70.2 Å². The van der Waals surface area contributed by atoms with E-state index in [1.54, 1.807) is 11.8 Å². The first-order chi connectivity index (χ1) is 12.9. The molecule has 0 aliphatic carbocycles. The van der Waals surface area contributed by atoms with E-state index in [4.69, 9.17) is 0 Å². The Balaban J connectivity index is 2.12. The van der Waals surface area contributed by atoms with Crippen molar-refractivity contribution in [1.82, 2.24) is 10.2 Å². The number of nitrogens with zero attached hydrogens (tertiary/aromatic N) is 1. The largest absolute Gasteiger partial charge is 0.352 e. The van der Waals surface area contributed by atoms with E-state index in [0.717, 1.165) is 15.6 Å². The van der Waals surface area contributed by atoms with Crippen LogP contribution in [0.1, 0.15) is 38.3 Å². The Kier molecular flexibility index (Phi) is 8.04. The smallest absolute Gasteiger partial charge is 0.242 e. The number of aryl methyl sites for hydroxylation is 1. The van der Waals surface area contributed by atoms with Crippen molar-refractivity contribution in [2.24, 2.45) is 0 Å². The highest BCUT2D eigenvalue weighted by Crippen LogP contribution is 2.16. The Morgan fingerprint density at radius 1 is 0.963 bits per heavy atom. The zero-order valence-electron chi connectivity index (χ0n) is 16.1. The summed E-state index contributed by atoms with van der Waals surface area (Å²) in [4.78, 5) is 27.1. The van der Waals surface area contributed by atoms with Gasteiger partial charge >= 0.3 is 0 Å². The maximum atomic E-state index is 13.0. The highest BCUT2D eigenvalue weighted by Gasteiger charge is 2.26. The summed E-state index contributed by atoms with van der Waals surface area (Å²) < 4.78 is 0.985. The Hall–Kier alpha value is -2.14. The number of rotatable bonds is 8. The van der Waals surface area contributed by atoms with Crippen LogP contribution in [0.15, 0.2) is 59.1 Å². The Labute approximate surface area is 170 Å². The van der Waals surface area contributed by atoms with Crippen LogP contribution in [0.4, 0.5) is 0 Å². The molecule has 2 rings (SSSR count). The molecule has 0 aliphatic heterocycles. The zero-order valence-corrected chi connectivity index (χ0v) is 17.7. The van der Waals surface area contributed by atoms with Gasteiger partial charge in [0.25, 0.3) is 0 Å². The molecule has 0 heterocycles. The number of carbonyl (C=O) groups is 2. The predicted octanol–water partition coefficient (Wildman–Crippen LogP) is 4.32. The van der Waals surface area contributed by atoms with E-state index in [2.05, 4.69) is 21.2 Å². The van der Waals surface area contributed by atoms with Crippen molar-refractivity contribution in [2.45, 2.75) is 52.2 Å². The van der Waals surface area contributed by atoms with Crippen LogP contribution >= 0.6 is 15.9 Å². The maximum Gasteiger partial charge on any atom is 0.242 e. The van der Waals surface area contributed by atoms with E-state index in [1.165, 1.54) is 0 Å². The van der Waals surface area contributed by atoms with Gasteiger partial charge in [0.05, 0.1) is 0 Å². The summed E-state index contributed by atoms with van der Waals surface area (Å²) in [5.41, 5.74) is 2.11. The molecule has 0 bridgehead atoms. The monoisotopic (exact) mass is 430 g/mol. The third-order valence-corrected chi connectivity index (χ3v) is 4.86. The molecule has 0 saturated carbocycles. The first-order valence-electron chi connectivity index (χ1n) is 9.25. The molecule has 0 aromatic heterocycles. The summed E-state index contributed by atoms with van der Waals surface area (Å²) in [6.45, 7) is 6.03. The van der Waals surface area contributed by atoms with Crippen LogP contribution in [-0.4, -0.2) is 28.8 Å². The number of benzene rings is 2. The van der Waals surface area contributed by atoms with Gasteiger partial charge in [0.2, 0.25) is 11.8 Å². The minimum atomic E-state index is -0.528. The minimum absolute atomic E-state index is 0.0202. The standard InChI is InChI=1S/C22H27BrN2O2/c1-16(2)24-22(27)17(3)25(15-19-9-12-20(23)13-10-19)21(26)14-11-18-7-5-4-6-8-18/h4-10,12-13,16-17H,11,14-15H2,1-3H3,(H,24,27)/t17-/m1/s1. The van der Waals surface area contributed by atoms with Gasteiger partial charge in [0.15, 0.2) is 0 Å². The van der Waals surface area contributed by atoms with Crippen molar-refractivity contribution in [3.8, 4) is 0 Å². The molecule has 1 N–H and O–H groups in total. The first-order valence-corrected chi connectivity index (χ1v) is 10.0. The van der Waals surface area contributed by atoms with Gasteiger partial charge in [0, 0.05) is 23.5 Å². The van der Waals surface area contributed by atoms with Gasteiger partial charge in [-0.05, 0) is 50.5 Å². The summed E-state index contributed by atoms with van der Waals surface area (Å²) in [5, 5.41) is 2.91. The highest BCUT2D eigenvalue weighted by molar-refractivity contribution is 9.10. The maximum absolute atomic E-state index is 13.0. The Morgan fingerprint density at radius 3 is 2.19 bits per heavy atom. The second-order valence-electron chi connectivity index (χ2n) is 6.97. The fourth-order valence-corrected chi connectivity index (χ4v) is 3.08. The Bertz CT molecular complexity index is 745. The molecular formula is C22H27BrN2O2. The van der Waals surface area contributed by atoms with Crippen molar-refractivity contribution in [2.75, 3.05) is 0 Å². The van der Waals surface area contributed by atoms with Crippen LogP contribution < -0.4 is 5.32 Å². The number of halogens is 1. The lowest BCUT2D eigenvalue weighted by atomic mass is 10.1. The molecule has 1 atom stereocenters. The summed E-state index contributed by atoms with van der Waals surface area (Å²) in [6, 6.07) is 17.3. The molecule has 0 spiro atoms. The van der Waals surface area contributed by atoms with Crippen LogP contribution in [0.5, 0.6) is 0 Å². The van der Waals surface area contributed by atoms with Crippen molar-refractivity contribution < 1.29 is 9.59 Å². The molecular weight excluding hydrogens is 404 g/mol. The van der Waals surface area contributed by atoms with E-state index >= 15 is 0 Å². The average Bonchev–Trinajstić information content (AvgIpc) is 2.65. The van der Waals surface area contributed by atoms with E-state index < -0.39 is 6.04 Å². The minimum Gasteiger partial charge on any atom is -0.352 e. The van der Waals surface area contributed by atoms with E-state index in [0.29, 0.717) is 19.4 Å².